The highest BCUT2D eigenvalue weighted by Gasteiger charge is 2.06. The summed E-state index contributed by atoms with van der Waals surface area (Å²) in [5, 5.41) is 6.19. The first-order chi connectivity index (χ1) is 11.4. The van der Waals surface area contributed by atoms with Crippen molar-refractivity contribution in [2.45, 2.75) is 13.0 Å². The van der Waals surface area contributed by atoms with Gasteiger partial charge in [-0.15, -0.1) is 0 Å². The Morgan fingerprint density at radius 3 is 2.12 bits per heavy atom. The zero-order valence-corrected chi connectivity index (χ0v) is 14.4. The summed E-state index contributed by atoms with van der Waals surface area (Å²) in [4.78, 5) is 25.1. The van der Waals surface area contributed by atoms with Crippen LogP contribution in [0.2, 0.25) is 5.02 Å². The Balaban J connectivity index is 1.83. The molecule has 0 radical (unpaired) electrons. The van der Waals surface area contributed by atoms with E-state index in [1.54, 1.807) is 43.3 Å². The van der Waals surface area contributed by atoms with E-state index in [0.29, 0.717) is 23.7 Å². The molecule has 3 amide bonds. The summed E-state index contributed by atoms with van der Waals surface area (Å²) < 4.78 is 0. The molecule has 126 valence electrons. The molecule has 0 aliphatic rings. The fraction of sp³-hybridized carbons (Fsp3) is 0.222. The number of hydrogen-bond donors (Lipinski definition) is 2. The van der Waals surface area contributed by atoms with Crippen molar-refractivity contribution in [3.63, 3.8) is 0 Å². The van der Waals surface area contributed by atoms with Crippen molar-refractivity contribution < 1.29 is 9.59 Å². The van der Waals surface area contributed by atoms with Crippen LogP contribution in [0.1, 0.15) is 11.1 Å². The number of likely N-dealkylation sites (N-methyl/N-ethyl adjacent to an activating group) is 1. The van der Waals surface area contributed by atoms with Crippen LogP contribution in [0.3, 0.4) is 0 Å². The Bertz CT molecular complexity index is 697. The third-order valence-corrected chi connectivity index (χ3v) is 3.68. The van der Waals surface area contributed by atoms with Crippen LogP contribution >= 0.6 is 11.6 Å². The highest BCUT2D eigenvalue weighted by molar-refractivity contribution is 6.30. The lowest BCUT2D eigenvalue weighted by molar-refractivity contribution is -0.127. The standard InChI is InChI=1S/C18H20ClN3O2/c1-22(2)17(23)11-13-5-9-16(10-6-13)21-18(24)20-12-14-3-7-15(19)8-4-14/h3-10H,11-12H2,1-2H3,(H2,20,21,24). The number of carbonyl (C=O) groups is 2. The van der Waals surface area contributed by atoms with Gasteiger partial charge in [0, 0.05) is 31.4 Å². The van der Waals surface area contributed by atoms with E-state index in [-0.39, 0.29) is 11.9 Å². The molecule has 2 aromatic rings. The maximum absolute atomic E-state index is 11.9. The molecule has 0 aromatic heterocycles. The smallest absolute Gasteiger partial charge is 0.319 e. The van der Waals surface area contributed by atoms with Crippen LogP contribution in [-0.4, -0.2) is 30.9 Å². The summed E-state index contributed by atoms with van der Waals surface area (Å²) in [6.45, 7) is 0.415. The first-order valence-electron chi connectivity index (χ1n) is 7.52. The molecule has 0 saturated carbocycles. The van der Waals surface area contributed by atoms with Gasteiger partial charge in [0.25, 0.3) is 0 Å². The Hall–Kier alpha value is -2.53. The minimum absolute atomic E-state index is 0.0383. The van der Waals surface area contributed by atoms with E-state index in [1.165, 1.54) is 0 Å². The fourth-order valence-electron chi connectivity index (χ4n) is 2.00. The third-order valence-electron chi connectivity index (χ3n) is 3.43. The van der Waals surface area contributed by atoms with Crippen LogP contribution in [0, 0.1) is 0 Å². The summed E-state index contributed by atoms with van der Waals surface area (Å²) in [6.07, 6.45) is 0.343. The summed E-state index contributed by atoms with van der Waals surface area (Å²) in [5.74, 6) is 0.0383. The lowest BCUT2D eigenvalue weighted by atomic mass is 10.1. The van der Waals surface area contributed by atoms with Gasteiger partial charge in [-0.3, -0.25) is 4.79 Å². The highest BCUT2D eigenvalue weighted by atomic mass is 35.5. The van der Waals surface area contributed by atoms with Crippen molar-refractivity contribution >= 4 is 29.2 Å². The van der Waals surface area contributed by atoms with Crippen molar-refractivity contribution in [2.75, 3.05) is 19.4 Å². The fourth-order valence-corrected chi connectivity index (χ4v) is 2.12. The van der Waals surface area contributed by atoms with Crippen molar-refractivity contribution in [1.29, 1.82) is 0 Å². The summed E-state index contributed by atoms with van der Waals surface area (Å²) in [6, 6.07) is 14.2. The Morgan fingerprint density at radius 2 is 1.54 bits per heavy atom. The molecular formula is C18H20ClN3O2. The van der Waals surface area contributed by atoms with E-state index in [2.05, 4.69) is 10.6 Å². The molecule has 0 saturated heterocycles. The quantitative estimate of drug-likeness (QED) is 0.873. The van der Waals surface area contributed by atoms with Crippen molar-refractivity contribution in [2.24, 2.45) is 0 Å². The molecule has 2 N–H and O–H groups in total. The number of nitrogens with zero attached hydrogens (tertiary/aromatic N) is 1. The van der Waals surface area contributed by atoms with Gasteiger partial charge in [0.05, 0.1) is 6.42 Å². The van der Waals surface area contributed by atoms with E-state index < -0.39 is 0 Å². The topological polar surface area (TPSA) is 61.4 Å². The van der Waals surface area contributed by atoms with Crippen LogP contribution in [0.25, 0.3) is 0 Å². The van der Waals surface area contributed by atoms with Gasteiger partial charge in [-0.05, 0) is 35.4 Å². The molecule has 5 nitrogen and oxygen atoms in total. The Labute approximate surface area is 146 Å². The molecule has 6 heteroatoms. The van der Waals surface area contributed by atoms with E-state index in [4.69, 9.17) is 11.6 Å². The zero-order valence-electron chi connectivity index (χ0n) is 13.7. The average molecular weight is 346 g/mol. The van der Waals surface area contributed by atoms with Crippen LogP contribution in [0.5, 0.6) is 0 Å². The molecule has 0 atom stereocenters. The molecule has 2 aromatic carbocycles. The lowest BCUT2D eigenvalue weighted by Gasteiger charge is -2.11. The Kier molecular flexibility index (Phi) is 6.21. The van der Waals surface area contributed by atoms with Crippen LogP contribution < -0.4 is 10.6 Å². The van der Waals surface area contributed by atoms with Gasteiger partial charge in [-0.25, -0.2) is 4.79 Å². The largest absolute Gasteiger partial charge is 0.349 e. The van der Waals surface area contributed by atoms with E-state index in [1.807, 2.05) is 24.3 Å². The maximum Gasteiger partial charge on any atom is 0.319 e. The summed E-state index contributed by atoms with van der Waals surface area (Å²) in [7, 11) is 3.45. The molecule has 0 heterocycles. The number of urea groups is 1. The van der Waals surface area contributed by atoms with Gasteiger partial charge in [-0.2, -0.15) is 0 Å². The van der Waals surface area contributed by atoms with E-state index >= 15 is 0 Å². The summed E-state index contributed by atoms with van der Waals surface area (Å²) >= 11 is 5.82. The van der Waals surface area contributed by atoms with Crippen molar-refractivity contribution in [1.82, 2.24) is 10.2 Å². The van der Waals surface area contributed by atoms with Gasteiger partial charge in [0.1, 0.15) is 0 Å². The molecule has 2 rings (SSSR count). The van der Waals surface area contributed by atoms with Crippen molar-refractivity contribution in [3.05, 3.63) is 64.7 Å². The predicted octanol–water partition coefficient (Wildman–Crippen LogP) is 3.29. The first kappa shape index (κ1) is 17.8. The number of carbonyl (C=O) groups excluding carboxylic acids is 2. The molecule has 0 unspecified atom stereocenters. The van der Waals surface area contributed by atoms with E-state index in [0.717, 1.165) is 11.1 Å². The van der Waals surface area contributed by atoms with Gasteiger partial charge in [-0.1, -0.05) is 35.9 Å². The molecule has 0 aliphatic carbocycles. The van der Waals surface area contributed by atoms with Gasteiger partial charge in [0.2, 0.25) is 5.91 Å². The molecule has 0 spiro atoms. The minimum atomic E-state index is -0.290. The lowest BCUT2D eigenvalue weighted by Crippen LogP contribution is -2.28. The number of halogens is 1. The summed E-state index contributed by atoms with van der Waals surface area (Å²) in [5.41, 5.74) is 2.54. The number of rotatable bonds is 5. The number of amides is 3. The second-order valence-corrected chi connectivity index (χ2v) is 6.03. The molecular weight excluding hydrogens is 326 g/mol. The highest BCUT2D eigenvalue weighted by Crippen LogP contribution is 2.11. The Morgan fingerprint density at radius 1 is 0.958 bits per heavy atom. The molecule has 0 aliphatic heterocycles. The van der Waals surface area contributed by atoms with Crippen LogP contribution in [0.4, 0.5) is 10.5 Å². The number of hydrogen-bond acceptors (Lipinski definition) is 2. The zero-order chi connectivity index (χ0) is 17.5. The number of anilines is 1. The maximum atomic E-state index is 11.9. The SMILES string of the molecule is CN(C)C(=O)Cc1ccc(NC(=O)NCc2ccc(Cl)cc2)cc1. The van der Waals surface area contributed by atoms with E-state index in [9.17, 15) is 9.59 Å². The van der Waals surface area contributed by atoms with Gasteiger partial charge >= 0.3 is 6.03 Å². The van der Waals surface area contributed by atoms with Gasteiger partial charge < -0.3 is 15.5 Å². The molecule has 0 bridgehead atoms. The van der Waals surface area contributed by atoms with Gasteiger partial charge in [0.15, 0.2) is 0 Å². The second kappa shape index (κ2) is 8.36. The van der Waals surface area contributed by atoms with Crippen LogP contribution in [0.15, 0.2) is 48.5 Å². The van der Waals surface area contributed by atoms with Crippen LogP contribution in [-0.2, 0) is 17.8 Å². The predicted molar refractivity (Wildman–Crippen MR) is 96.2 cm³/mol. The first-order valence-corrected chi connectivity index (χ1v) is 7.90. The minimum Gasteiger partial charge on any atom is -0.349 e. The normalized spacial score (nSPS) is 10.1. The number of benzene rings is 2. The molecule has 0 fully saturated rings. The number of nitrogens with one attached hydrogen (secondary N) is 2. The van der Waals surface area contributed by atoms with Crippen molar-refractivity contribution in [3.8, 4) is 0 Å². The average Bonchev–Trinajstić information content (AvgIpc) is 2.56. The monoisotopic (exact) mass is 345 g/mol. The second-order valence-electron chi connectivity index (χ2n) is 5.60. The third kappa shape index (κ3) is 5.59. The molecule has 24 heavy (non-hydrogen) atoms.